The number of hydrogen-bond donors (Lipinski definition) is 0. The van der Waals surface area contributed by atoms with Gasteiger partial charge in [-0.25, -0.2) is 8.42 Å². The quantitative estimate of drug-likeness (QED) is 0.833. The monoisotopic (exact) mass is 351 g/mol. The van der Waals surface area contributed by atoms with Gasteiger partial charge in [-0.2, -0.15) is 5.10 Å². The molecule has 2 saturated heterocycles. The summed E-state index contributed by atoms with van der Waals surface area (Å²) in [6, 6.07) is 2.14. The predicted octanol–water partition coefficient (Wildman–Crippen LogP) is 2.13. The fraction of sp³-hybridized carbons (Fsp3) is 0.765. The second-order valence-electron chi connectivity index (χ2n) is 7.43. The Labute approximate surface area is 143 Å². The molecule has 1 aromatic rings. The van der Waals surface area contributed by atoms with Crippen molar-refractivity contribution in [2.24, 2.45) is 0 Å². The molecule has 2 unspecified atom stereocenters. The SMILES string of the molecule is CCC1CCCN1C(=O)c1cc(C2CC2)n(C2CCS(=O)(=O)C2)n1. The Balaban J connectivity index is 1.63. The highest BCUT2D eigenvalue weighted by atomic mass is 32.2. The van der Waals surface area contributed by atoms with Gasteiger partial charge in [0.1, 0.15) is 0 Å². The molecule has 0 radical (unpaired) electrons. The Morgan fingerprint density at radius 3 is 2.71 bits per heavy atom. The van der Waals surface area contributed by atoms with Crippen LogP contribution in [0.4, 0.5) is 0 Å². The zero-order valence-electron chi connectivity index (χ0n) is 14.1. The molecule has 7 heteroatoms. The zero-order valence-corrected chi connectivity index (χ0v) is 15.0. The molecule has 24 heavy (non-hydrogen) atoms. The number of carbonyl (C=O) groups excluding carboxylic acids is 1. The van der Waals surface area contributed by atoms with Gasteiger partial charge in [0.05, 0.1) is 17.5 Å². The summed E-state index contributed by atoms with van der Waals surface area (Å²) in [7, 11) is -2.96. The molecule has 3 heterocycles. The number of hydrogen-bond acceptors (Lipinski definition) is 4. The minimum Gasteiger partial charge on any atom is -0.334 e. The standard InChI is InChI=1S/C17H25N3O3S/c1-2-13-4-3-8-19(13)17(21)15-10-16(12-5-6-12)20(18-15)14-7-9-24(22,23)11-14/h10,12-14H,2-9,11H2,1H3. The molecule has 132 valence electrons. The molecule has 6 nitrogen and oxygen atoms in total. The number of amides is 1. The van der Waals surface area contributed by atoms with Crippen molar-refractivity contribution in [3.63, 3.8) is 0 Å². The maximum atomic E-state index is 12.9. The van der Waals surface area contributed by atoms with E-state index in [9.17, 15) is 13.2 Å². The normalized spacial score (nSPS) is 29.3. The molecule has 3 fully saturated rings. The maximum Gasteiger partial charge on any atom is 0.274 e. The van der Waals surface area contributed by atoms with Crippen molar-refractivity contribution < 1.29 is 13.2 Å². The molecule has 4 rings (SSSR count). The summed E-state index contributed by atoms with van der Waals surface area (Å²) < 4.78 is 25.5. The summed E-state index contributed by atoms with van der Waals surface area (Å²) in [6.07, 6.45) is 5.93. The van der Waals surface area contributed by atoms with E-state index in [2.05, 4.69) is 12.0 Å². The highest BCUT2D eigenvalue weighted by Gasteiger charge is 2.37. The lowest BCUT2D eigenvalue weighted by Gasteiger charge is -2.22. The third-order valence-corrected chi connectivity index (χ3v) is 7.39. The Bertz CT molecular complexity index is 751. The number of likely N-dealkylation sites (tertiary alicyclic amines) is 1. The van der Waals surface area contributed by atoms with Gasteiger partial charge in [0, 0.05) is 24.2 Å². The molecule has 2 atom stereocenters. The van der Waals surface area contributed by atoms with Crippen molar-refractivity contribution in [2.45, 2.75) is 63.5 Å². The zero-order chi connectivity index (χ0) is 16.9. The highest BCUT2D eigenvalue weighted by molar-refractivity contribution is 7.91. The van der Waals surface area contributed by atoms with Crippen LogP contribution in [0.25, 0.3) is 0 Å². The van der Waals surface area contributed by atoms with Crippen LogP contribution in [0.5, 0.6) is 0 Å². The van der Waals surface area contributed by atoms with Gasteiger partial charge in [-0.1, -0.05) is 6.92 Å². The van der Waals surface area contributed by atoms with Crippen LogP contribution in [0.1, 0.15) is 73.6 Å². The van der Waals surface area contributed by atoms with Crippen molar-refractivity contribution in [3.8, 4) is 0 Å². The Morgan fingerprint density at radius 1 is 1.29 bits per heavy atom. The molecule has 1 saturated carbocycles. The Morgan fingerprint density at radius 2 is 2.08 bits per heavy atom. The average molecular weight is 351 g/mol. The van der Waals surface area contributed by atoms with Gasteiger partial charge in [-0.15, -0.1) is 0 Å². The van der Waals surface area contributed by atoms with Gasteiger partial charge in [0.25, 0.3) is 5.91 Å². The molecule has 0 aromatic carbocycles. The summed E-state index contributed by atoms with van der Waals surface area (Å²) in [5, 5.41) is 4.59. The smallest absolute Gasteiger partial charge is 0.274 e. The molecular weight excluding hydrogens is 326 g/mol. The highest BCUT2D eigenvalue weighted by Crippen LogP contribution is 2.42. The lowest BCUT2D eigenvalue weighted by Crippen LogP contribution is -2.35. The molecule has 0 spiro atoms. The first-order valence-corrected chi connectivity index (χ1v) is 10.9. The number of nitrogens with zero attached hydrogens (tertiary/aromatic N) is 3. The van der Waals surface area contributed by atoms with E-state index in [0.717, 1.165) is 44.3 Å². The summed E-state index contributed by atoms with van der Waals surface area (Å²) in [6.45, 7) is 2.93. The van der Waals surface area contributed by atoms with Crippen molar-refractivity contribution in [1.29, 1.82) is 0 Å². The van der Waals surface area contributed by atoms with Crippen molar-refractivity contribution in [3.05, 3.63) is 17.5 Å². The van der Waals surface area contributed by atoms with E-state index in [1.165, 1.54) is 0 Å². The number of rotatable bonds is 4. The van der Waals surface area contributed by atoms with E-state index >= 15 is 0 Å². The largest absolute Gasteiger partial charge is 0.334 e. The van der Waals surface area contributed by atoms with Crippen LogP contribution in [0.3, 0.4) is 0 Å². The van der Waals surface area contributed by atoms with Crippen LogP contribution in [-0.2, 0) is 9.84 Å². The maximum absolute atomic E-state index is 12.9. The van der Waals surface area contributed by atoms with Crippen LogP contribution < -0.4 is 0 Å². The topological polar surface area (TPSA) is 72.3 Å². The van der Waals surface area contributed by atoms with Crippen LogP contribution in [0, 0.1) is 0 Å². The molecule has 0 N–H and O–H groups in total. The second-order valence-corrected chi connectivity index (χ2v) is 9.66. The van der Waals surface area contributed by atoms with Gasteiger partial charge in [0.15, 0.2) is 15.5 Å². The Kier molecular flexibility index (Phi) is 3.94. The molecule has 0 bridgehead atoms. The van der Waals surface area contributed by atoms with Crippen LogP contribution in [-0.4, -0.2) is 53.1 Å². The van der Waals surface area contributed by atoms with Gasteiger partial charge in [0.2, 0.25) is 0 Å². The van der Waals surface area contributed by atoms with E-state index in [4.69, 9.17) is 0 Å². The molecule has 2 aliphatic heterocycles. The fourth-order valence-corrected chi connectivity index (χ4v) is 5.82. The van der Waals surface area contributed by atoms with Crippen molar-refractivity contribution >= 4 is 15.7 Å². The summed E-state index contributed by atoms with van der Waals surface area (Å²) >= 11 is 0. The Hall–Kier alpha value is -1.37. The minimum absolute atomic E-state index is 0.0147. The predicted molar refractivity (Wildman–Crippen MR) is 90.9 cm³/mol. The third-order valence-electron chi connectivity index (χ3n) is 5.64. The van der Waals surface area contributed by atoms with Crippen molar-refractivity contribution in [1.82, 2.24) is 14.7 Å². The third kappa shape index (κ3) is 2.87. The first-order valence-electron chi connectivity index (χ1n) is 9.09. The molecule has 3 aliphatic rings. The minimum atomic E-state index is -2.96. The summed E-state index contributed by atoms with van der Waals surface area (Å²) in [5.41, 5.74) is 1.56. The lowest BCUT2D eigenvalue weighted by atomic mass is 10.1. The van der Waals surface area contributed by atoms with E-state index in [1.807, 2.05) is 15.6 Å². The average Bonchev–Trinajstić information content (AvgIpc) is 3.00. The molecular formula is C17H25N3O3S. The fourth-order valence-electron chi connectivity index (χ4n) is 4.13. The van der Waals surface area contributed by atoms with Gasteiger partial charge >= 0.3 is 0 Å². The number of sulfone groups is 1. The van der Waals surface area contributed by atoms with Crippen molar-refractivity contribution in [2.75, 3.05) is 18.1 Å². The summed E-state index contributed by atoms with van der Waals surface area (Å²) in [4.78, 5) is 14.9. The van der Waals surface area contributed by atoms with E-state index in [-0.39, 0.29) is 23.5 Å². The van der Waals surface area contributed by atoms with E-state index < -0.39 is 9.84 Å². The molecule has 1 amide bonds. The first-order chi connectivity index (χ1) is 11.5. The molecule has 1 aromatic heterocycles. The lowest BCUT2D eigenvalue weighted by molar-refractivity contribution is 0.0726. The van der Waals surface area contributed by atoms with Gasteiger partial charge < -0.3 is 4.90 Å². The molecule has 1 aliphatic carbocycles. The number of aromatic nitrogens is 2. The van der Waals surface area contributed by atoms with E-state index in [1.54, 1.807) is 0 Å². The van der Waals surface area contributed by atoms with Gasteiger partial charge in [-0.05, 0) is 44.6 Å². The van der Waals surface area contributed by atoms with E-state index in [0.29, 0.717) is 24.1 Å². The van der Waals surface area contributed by atoms with Crippen LogP contribution in [0.15, 0.2) is 6.07 Å². The number of carbonyl (C=O) groups is 1. The van der Waals surface area contributed by atoms with Gasteiger partial charge in [-0.3, -0.25) is 9.48 Å². The second kappa shape index (κ2) is 5.86. The van der Waals surface area contributed by atoms with Crippen LogP contribution in [0.2, 0.25) is 0 Å². The first kappa shape index (κ1) is 16.1. The summed E-state index contributed by atoms with van der Waals surface area (Å²) in [5.74, 6) is 0.849. The van der Waals surface area contributed by atoms with Crippen LogP contribution >= 0.6 is 0 Å².